The van der Waals surface area contributed by atoms with Gasteiger partial charge in [-0.2, -0.15) is 10.1 Å². The van der Waals surface area contributed by atoms with E-state index >= 15 is 0 Å². The summed E-state index contributed by atoms with van der Waals surface area (Å²) in [4.78, 5) is 15.0. The van der Waals surface area contributed by atoms with Gasteiger partial charge in [0.25, 0.3) is 0 Å². The first-order valence-corrected chi connectivity index (χ1v) is 7.90. The molecule has 3 aromatic rings. The molecule has 0 spiro atoms. The van der Waals surface area contributed by atoms with E-state index in [1.165, 1.54) is 6.33 Å². The van der Waals surface area contributed by atoms with E-state index in [9.17, 15) is 0 Å². The van der Waals surface area contributed by atoms with Crippen LogP contribution in [0.4, 0.5) is 5.82 Å². The van der Waals surface area contributed by atoms with Crippen LogP contribution in [0.15, 0.2) is 36.9 Å². The van der Waals surface area contributed by atoms with Gasteiger partial charge in [-0.05, 0) is 0 Å². The largest absolute Gasteiger partial charge is 0.481 e. The number of nitrogens with zero attached hydrogens (tertiary/aromatic N) is 6. The number of rotatable bonds is 4. The molecule has 0 saturated carbocycles. The van der Waals surface area contributed by atoms with Gasteiger partial charge in [-0.1, -0.05) is 0 Å². The third kappa shape index (κ3) is 2.94. The Morgan fingerprint density at radius 3 is 2.83 bits per heavy atom. The summed E-state index contributed by atoms with van der Waals surface area (Å²) >= 11 is 0. The van der Waals surface area contributed by atoms with Crippen LogP contribution in [-0.4, -0.2) is 50.9 Å². The number of hydrogen-bond donors (Lipinski definition) is 0. The number of hydrogen-bond acceptors (Lipinski definition) is 7. The predicted molar refractivity (Wildman–Crippen MR) is 87.4 cm³/mol. The van der Waals surface area contributed by atoms with E-state index in [0.29, 0.717) is 11.8 Å². The molecule has 8 heteroatoms. The second kappa shape index (κ2) is 6.31. The Kier molecular flexibility index (Phi) is 3.86. The first-order valence-electron chi connectivity index (χ1n) is 7.90. The van der Waals surface area contributed by atoms with Crippen LogP contribution in [0.25, 0.3) is 5.65 Å². The Hall–Kier alpha value is -2.90. The average molecular weight is 326 g/mol. The molecule has 0 bridgehead atoms. The SMILES string of the molecule is COc1cc(N2CCC(Oc3ccn4nccc4n3)CC2)ncn1. The number of piperidine rings is 1. The zero-order chi connectivity index (χ0) is 16.4. The van der Waals surface area contributed by atoms with Crippen molar-refractivity contribution in [1.29, 1.82) is 0 Å². The molecule has 0 aliphatic carbocycles. The van der Waals surface area contributed by atoms with Crippen molar-refractivity contribution in [3.05, 3.63) is 36.9 Å². The zero-order valence-electron chi connectivity index (χ0n) is 13.4. The molecule has 1 saturated heterocycles. The van der Waals surface area contributed by atoms with Crippen LogP contribution in [0.1, 0.15) is 12.8 Å². The number of ether oxygens (including phenoxy) is 2. The third-order valence-corrected chi connectivity index (χ3v) is 4.12. The first-order chi connectivity index (χ1) is 11.8. The van der Waals surface area contributed by atoms with Crippen LogP contribution < -0.4 is 14.4 Å². The van der Waals surface area contributed by atoms with Gasteiger partial charge in [0.15, 0.2) is 5.65 Å². The minimum absolute atomic E-state index is 0.155. The second-order valence-electron chi connectivity index (χ2n) is 5.62. The van der Waals surface area contributed by atoms with Crippen molar-refractivity contribution in [3.8, 4) is 11.8 Å². The van der Waals surface area contributed by atoms with Gasteiger partial charge in [-0.25, -0.2) is 14.5 Å². The lowest BCUT2D eigenvalue weighted by Gasteiger charge is -2.32. The molecule has 124 valence electrons. The van der Waals surface area contributed by atoms with Crippen LogP contribution in [0.5, 0.6) is 11.8 Å². The van der Waals surface area contributed by atoms with Gasteiger partial charge in [-0.3, -0.25) is 0 Å². The fourth-order valence-corrected chi connectivity index (χ4v) is 2.85. The molecule has 1 aliphatic heterocycles. The summed E-state index contributed by atoms with van der Waals surface area (Å²) < 4.78 is 12.9. The Bertz CT molecular complexity index is 828. The highest BCUT2D eigenvalue weighted by atomic mass is 16.5. The van der Waals surface area contributed by atoms with E-state index in [1.54, 1.807) is 17.8 Å². The lowest BCUT2D eigenvalue weighted by molar-refractivity contribution is 0.164. The normalized spacial score (nSPS) is 15.6. The van der Waals surface area contributed by atoms with Crippen LogP contribution in [0.3, 0.4) is 0 Å². The van der Waals surface area contributed by atoms with Crippen molar-refractivity contribution in [2.75, 3.05) is 25.1 Å². The van der Waals surface area contributed by atoms with Crippen molar-refractivity contribution in [3.63, 3.8) is 0 Å². The van der Waals surface area contributed by atoms with Crippen LogP contribution in [-0.2, 0) is 0 Å². The van der Waals surface area contributed by atoms with Gasteiger partial charge in [0.05, 0.1) is 13.3 Å². The maximum atomic E-state index is 6.03. The molecule has 24 heavy (non-hydrogen) atoms. The molecule has 4 rings (SSSR count). The minimum Gasteiger partial charge on any atom is -0.481 e. The summed E-state index contributed by atoms with van der Waals surface area (Å²) in [5.74, 6) is 2.11. The quantitative estimate of drug-likeness (QED) is 0.720. The van der Waals surface area contributed by atoms with Crippen molar-refractivity contribution in [2.45, 2.75) is 18.9 Å². The summed E-state index contributed by atoms with van der Waals surface area (Å²) in [5.41, 5.74) is 0.790. The van der Waals surface area contributed by atoms with Gasteiger partial charge < -0.3 is 14.4 Å². The highest BCUT2D eigenvalue weighted by Gasteiger charge is 2.22. The van der Waals surface area contributed by atoms with Gasteiger partial charge in [0.2, 0.25) is 11.8 Å². The average Bonchev–Trinajstić information content (AvgIpc) is 3.10. The molecular formula is C16H18N6O2. The molecule has 0 aromatic carbocycles. The van der Waals surface area contributed by atoms with E-state index in [0.717, 1.165) is 37.4 Å². The molecule has 1 aliphatic rings. The summed E-state index contributed by atoms with van der Waals surface area (Å²) in [7, 11) is 1.61. The Morgan fingerprint density at radius 2 is 2.00 bits per heavy atom. The first kappa shape index (κ1) is 14.7. The standard InChI is InChI=1S/C16H18N6O2/c1-23-16-10-14(17-11-18-16)21-7-3-12(4-8-21)24-15-5-9-22-13(20-15)2-6-19-22/h2,5-6,9-12H,3-4,7-8H2,1H3. The molecule has 8 nitrogen and oxygen atoms in total. The highest BCUT2D eigenvalue weighted by molar-refractivity contribution is 5.41. The molecule has 0 N–H and O–H groups in total. The summed E-state index contributed by atoms with van der Waals surface area (Å²) in [6, 6.07) is 5.57. The maximum absolute atomic E-state index is 6.03. The number of methoxy groups -OCH3 is 1. The van der Waals surface area contributed by atoms with E-state index in [2.05, 4.69) is 25.0 Å². The Balaban J connectivity index is 1.38. The second-order valence-corrected chi connectivity index (χ2v) is 5.62. The van der Waals surface area contributed by atoms with E-state index in [4.69, 9.17) is 9.47 Å². The summed E-state index contributed by atoms with van der Waals surface area (Å²) in [5, 5.41) is 4.13. The molecular weight excluding hydrogens is 308 g/mol. The lowest BCUT2D eigenvalue weighted by Crippen LogP contribution is -2.38. The van der Waals surface area contributed by atoms with E-state index in [1.807, 2.05) is 24.4 Å². The lowest BCUT2D eigenvalue weighted by atomic mass is 10.1. The van der Waals surface area contributed by atoms with Crippen LogP contribution in [0, 0.1) is 0 Å². The van der Waals surface area contributed by atoms with Crippen molar-refractivity contribution >= 4 is 11.5 Å². The number of aromatic nitrogens is 5. The van der Waals surface area contributed by atoms with Crippen molar-refractivity contribution in [1.82, 2.24) is 24.6 Å². The fourth-order valence-electron chi connectivity index (χ4n) is 2.85. The summed E-state index contributed by atoms with van der Waals surface area (Å²) in [6.45, 7) is 1.75. The summed E-state index contributed by atoms with van der Waals surface area (Å²) in [6.07, 6.45) is 7.10. The van der Waals surface area contributed by atoms with E-state index < -0.39 is 0 Å². The predicted octanol–water partition coefficient (Wildman–Crippen LogP) is 1.58. The van der Waals surface area contributed by atoms with Crippen molar-refractivity contribution < 1.29 is 9.47 Å². The molecule has 4 heterocycles. The molecule has 0 atom stereocenters. The zero-order valence-corrected chi connectivity index (χ0v) is 13.4. The monoisotopic (exact) mass is 326 g/mol. The Labute approximate surface area is 139 Å². The van der Waals surface area contributed by atoms with Crippen LogP contribution in [0.2, 0.25) is 0 Å². The number of anilines is 1. The molecule has 0 amide bonds. The Morgan fingerprint density at radius 1 is 1.12 bits per heavy atom. The van der Waals surface area contributed by atoms with Gasteiger partial charge in [0.1, 0.15) is 18.2 Å². The number of fused-ring (bicyclic) bond motifs is 1. The molecule has 1 fully saturated rings. The van der Waals surface area contributed by atoms with Gasteiger partial charge >= 0.3 is 0 Å². The van der Waals surface area contributed by atoms with E-state index in [-0.39, 0.29) is 6.10 Å². The fraction of sp³-hybridized carbons (Fsp3) is 0.375. The highest BCUT2D eigenvalue weighted by Crippen LogP contribution is 2.22. The molecule has 0 radical (unpaired) electrons. The van der Waals surface area contributed by atoms with Crippen molar-refractivity contribution in [2.24, 2.45) is 0 Å². The van der Waals surface area contributed by atoms with Gasteiger partial charge in [0, 0.05) is 50.3 Å². The van der Waals surface area contributed by atoms with Gasteiger partial charge in [-0.15, -0.1) is 0 Å². The topological polar surface area (TPSA) is 77.7 Å². The molecule has 0 unspecified atom stereocenters. The van der Waals surface area contributed by atoms with Crippen LogP contribution >= 0.6 is 0 Å². The smallest absolute Gasteiger partial charge is 0.218 e. The minimum atomic E-state index is 0.155. The molecule has 3 aromatic heterocycles. The maximum Gasteiger partial charge on any atom is 0.218 e. The third-order valence-electron chi connectivity index (χ3n) is 4.12.